The van der Waals surface area contributed by atoms with Crippen molar-refractivity contribution >= 4 is 0 Å². The summed E-state index contributed by atoms with van der Waals surface area (Å²) in [6.45, 7) is 0. The highest BCUT2D eigenvalue weighted by atomic mass is 16.3. The van der Waals surface area contributed by atoms with E-state index in [1.54, 1.807) is 0 Å². The standard InChI is InChI=1S/C11H12O/c12-11-7-6-9-4-2-1-3-5-10(11)8-9/h1-7,10-12H,8H2/b2-1-,5-3-,9-4-/t10?,11-/m1/s1. The zero-order valence-corrected chi connectivity index (χ0v) is 6.85. The van der Waals surface area contributed by atoms with Crippen molar-refractivity contribution in [2.75, 3.05) is 0 Å². The lowest BCUT2D eigenvalue weighted by Gasteiger charge is -2.22. The average Bonchev–Trinajstić information content (AvgIpc) is 2.03. The summed E-state index contributed by atoms with van der Waals surface area (Å²) >= 11 is 0. The Labute approximate surface area is 72.4 Å². The molecule has 0 heterocycles. The summed E-state index contributed by atoms with van der Waals surface area (Å²) in [4.78, 5) is 0. The summed E-state index contributed by atoms with van der Waals surface area (Å²) in [7, 11) is 0. The van der Waals surface area contributed by atoms with Crippen LogP contribution < -0.4 is 0 Å². The van der Waals surface area contributed by atoms with Crippen LogP contribution in [0.5, 0.6) is 0 Å². The van der Waals surface area contributed by atoms with Crippen molar-refractivity contribution in [2.45, 2.75) is 12.5 Å². The van der Waals surface area contributed by atoms with Gasteiger partial charge in [0.15, 0.2) is 0 Å². The maximum Gasteiger partial charge on any atom is 0.0789 e. The Kier molecular flexibility index (Phi) is 1.96. The molecule has 2 aliphatic carbocycles. The summed E-state index contributed by atoms with van der Waals surface area (Å²) in [5.74, 6) is 0.270. The van der Waals surface area contributed by atoms with E-state index in [4.69, 9.17) is 0 Å². The van der Waals surface area contributed by atoms with Gasteiger partial charge in [-0.15, -0.1) is 0 Å². The largest absolute Gasteiger partial charge is 0.388 e. The third kappa shape index (κ3) is 1.41. The lowest BCUT2D eigenvalue weighted by atomic mass is 9.87. The van der Waals surface area contributed by atoms with Gasteiger partial charge >= 0.3 is 0 Å². The molecule has 1 N–H and O–H groups in total. The van der Waals surface area contributed by atoms with Crippen molar-refractivity contribution in [3.63, 3.8) is 0 Å². The Hall–Kier alpha value is -1.08. The van der Waals surface area contributed by atoms with Crippen LogP contribution in [0.15, 0.2) is 48.1 Å². The number of aliphatic hydroxyl groups excluding tert-OH is 1. The van der Waals surface area contributed by atoms with Gasteiger partial charge in [0.1, 0.15) is 0 Å². The predicted molar refractivity (Wildman–Crippen MR) is 49.6 cm³/mol. The Balaban J connectivity index is 2.34. The molecule has 0 saturated heterocycles. The quantitative estimate of drug-likeness (QED) is 0.574. The van der Waals surface area contributed by atoms with Gasteiger partial charge in [0, 0.05) is 5.92 Å². The van der Waals surface area contributed by atoms with Crippen molar-refractivity contribution < 1.29 is 5.11 Å². The first-order valence-corrected chi connectivity index (χ1v) is 4.26. The monoisotopic (exact) mass is 160 g/mol. The number of rotatable bonds is 0. The van der Waals surface area contributed by atoms with Crippen LogP contribution in [0.1, 0.15) is 6.42 Å². The smallest absolute Gasteiger partial charge is 0.0789 e. The number of aliphatic hydroxyl groups is 1. The molecule has 0 radical (unpaired) electrons. The van der Waals surface area contributed by atoms with E-state index in [2.05, 4.69) is 12.2 Å². The normalized spacial score (nSPS) is 42.2. The average molecular weight is 160 g/mol. The Morgan fingerprint density at radius 3 is 3.00 bits per heavy atom. The number of hydrogen-bond acceptors (Lipinski definition) is 1. The van der Waals surface area contributed by atoms with Gasteiger partial charge in [-0.3, -0.25) is 0 Å². The maximum atomic E-state index is 9.55. The second-order valence-corrected chi connectivity index (χ2v) is 3.23. The molecule has 12 heavy (non-hydrogen) atoms. The van der Waals surface area contributed by atoms with Crippen LogP contribution in [0.25, 0.3) is 0 Å². The van der Waals surface area contributed by atoms with Crippen LogP contribution >= 0.6 is 0 Å². The molecule has 2 bridgehead atoms. The van der Waals surface area contributed by atoms with Crippen molar-refractivity contribution in [3.05, 3.63) is 48.1 Å². The molecule has 1 unspecified atom stereocenters. The summed E-state index contributed by atoms with van der Waals surface area (Å²) in [6, 6.07) is 0. The summed E-state index contributed by atoms with van der Waals surface area (Å²) in [5.41, 5.74) is 1.30. The van der Waals surface area contributed by atoms with Gasteiger partial charge in [-0.1, -0.05) is 42.5 Å². The first-order chi connectivity index (χ1) is 5.86. The summed E-state index contributed by atoms with van der Waals surface area (Å²) in [6.07, 6.45) is 14.7. The highest BCUT2D eigenvalue weighted by molar-refractivity contribution is 5.32. The van der Waals surface area contributed by atoms with Crippen LogP contribution in [-0.4, -0.2) is 11.2 Å². The van der Waals surface area contributed by atoms with Crippen molar-refractivity contribution in [1.82, 2.24) is 0 Å². The molecular formula is C11H12O. The van der Waals surface area contributed by atoms with E-state index in [-0.39, 0.29) is 12.0 Å². The second kappa shape index (κ2) is 3.11. The fourth-order valence-corrected chi connectivity index (χ4v) is 1.58. The SMILES string of the molecule is O[C@@H]1C=C/C2=C/C=C\C=C/C1C2. The van der Waals surface area contributed by atoms with Gasteiger partial charge in [-0.25, -0.2) is 0 Å². The summed E-state index contributed by atoms with van der Waals surface area (Å²) < 4.78 is 0. The highest BCUT2D eigenvalue weighted by Gasteiger charge is 2.18. The Bertz CT molecular complexity index is 281. The van der Waals surface area contributed by atoms with Gasteiger partial charge in [0.05, 0.1) is 6.10 Å². The van der Waals surface area contributed by atoms with E-state index >= 15 is 0 Å². The third-order valence-corrected chi connectivity index (χ3v) is 2.31. The van der Waals surface area contributed by atoms with Crippen molar-refractivity contribution in [3.8, 4) is 0 Å². The molecule has 0 saturated carbocycles. The molecule has 0 aromatic rings. The zero-order chi connectivity index (χ0) is 8.39. The number of allylic oxidation sites excluding steroid dienone is 6. The van der Waals surface area contributed by atoms with Gasteiger partial charge in [-0.2, -0.15) is 0 Å². The zero-order valence-electron chi connectivity index (χ0n) is 6.85. The van der Waals surface area contributed by atoms with Gasteiger partial charge < -0.3 is 5.11 Å². The first kappa shape index (κ1) is 7.56. The number of fused-ring (bicyclic) bond motifs is 2. The molecule has 1 nitrogen and oxygen atoms in total. The summed E-state index contributed by atoms with van der Waals surface area (Å²) in [5, 5.41) is 9.55. The van der Waals surface area contributed by atoms with Gasteiger partial charge in [-0.05, 0) is 12.0 Å². The molecular weight excluding hydrogens is 148 g/mol. The van der Waals surface area contributed by atoms with Crippen LogP contribution in [0.3, 0.4) is 0 Å². The first-order valence-electron chi connectivity index (χ1n) is 4.26. The van der Waals surface area contributed by atoms with Crippen LogP contribution in [0.4, 0.5) is 0 Å². The Morgan fingerprint density at radius 2 is 2.08 bits per heavy atom. The second-order valence-electron chi connectivity index (χ2n) is 3.23. The molecule has 62 valence electrons. The molecule has 0 amide bonds. The molecule has 2 rings (SSSR count). The molecule has 0 fully saturated rings. The molecule has 2 aliphatic rings. The minimum absolute atomic E-state index is 0.270. The fourth-order valence-electron chi connectivity index (χ4n) is 1.58. The highest BCUT2D eigenvalue weighted by Crippen LogP contribution is 2.25. The minimum Gasteiger partial charge on any atom is -0.388 e. The lowest BCUT2D eigenvalue weighted by Crippen LogP contribution is -2.19. The molecule has 1 heteroatoms. The van der Waals surface area contributed by atoms with Gasteiger partial charge in [0.2, 0.25) is 0 Å². The van der Waals surface area contributed by atoms with E-state index in [0.29, 0.717) is 0 Å². The lowest BCUT2D eigenvalue weighted by molar-refractivity contribution is 0.173. The number of hydrogen-bond donors (Lipinski definition) is 1. The fraction of sp³-hybridized carbons (Fsp3) is 0.273. The molecule has 0 aromatic carbocycles. The van der Waals surface area contributed by atoms with E-state index in [1.165, 1.54) is 5.57 Å². The molecule has 0 spiro atoms. The third-order valence-electron chi connectivity index (χ3n) is 2.31. The van der Waals surface area contributed by atoms with Crippen LogP contribution in [0.2, 0.25) is 0 Å². The predicted octanol–water partition coefficient (Wildman–Crippen LogP) is 1.98. The van der Waals surface area contributed by atoms with E-state index in [1.807, 2.05) is 30.4 Å². The minimum atomic E-state index is -0.301. The van der Waals surface area contributed by atoms with E-state index < -0.39 is 0 Å². The van der Waals surface area contributed by atoms with Gasteiger partial charge in [0.25, 0.3) is 0 Å². The topological polar surface area (TPSA) is 20.2 Å². The Morgan fingerprint density at radius 1 is 1.17 bits per heavy atom. The van der Waals surface area contributed by atoms with E-state index in [0.717, 1.165) is 6.42 Å². The molecule has 0 aliphatic heterocycles. The van der Waals surface area contributed by atoms with Crippen LogP contribution in [0, 0.1) is 5.92 Å². The molecule has 2 atom stereocenters. The molecule has 0 aromatic heterocycles. The van der Waals surface area contributed by atoms with Crippen molar-refractivity contribution in [1.29, 1.82) is 0 Å². The van der Waals surface area contributed by atoms with Crippen molar-refractivity contribution in [2.24, 2.45) is 5.92 Å². The maximum absolute atomic E-state index is 9.55. The van der Waals surface area contributed by atoms with E-state index in [9.17, 15) is 5.11 Å². The van der Waals surface area contributed by atoms with Crippen LogP contribution in [-0.2, 0) is 0 Å².